The van der Waals surface area contributed by atoms with Gasteiger partial charge in [0.2, 0.25) is 0 Å². The molecule has 0 spiro atoms. The van der Waals surface area contributed by atoms with Gasteiger partial charge in [-0.05, 0) is 49.9 Å². The van der Waals surface area contributed by atoms with E-state index < -0.39 is 5.41 Å². The van der Waals surface area contributed by atoms with Crippen molar-refractivity contribution in [1.82, 2.24) is 0 Å². The van der Waals surface area contributed by atoms with Crippen molar-refractivity contribution in [3.05, 3.63) is 60.2 Å². The molecular formula is C20H25NO. The molecule has 0 bridgehead atoms. The first-order valence-electron chi connectivity index (χ1n) is 7.95. The zero-order valence-electron chi connectivity index (χ0n) is 13.5. The van der Waals surface area contributed by atoms with Crippen LogP contribution >= 0.6 is 0 Å². The Labute approximate surface area is 133 Å². The zero-order valence-corrected chi connectivity index (χ0v) is 13.5. The molecule has 0 aliphatic heterocycles. The van der Waals surface area contributed by atoms with Gasteiger partial charge in [0.05, 0.1) is 0 Å². The number of rotatable bonds is 7. The van der Waals surface area contributed by atoms with E-state index in [9.17, 15) is 4.79 Å². The zero-order chi connectivity index (χ0) is 16.0. The molecule has 0 saturated carbocycles. The van der Waals surface area contributed by atoms with Crippen LogP contribution in [0.2, 0.25) is 0 Å². The Morgan fingerprint density at radius 3 is 2.09 bits per heavy atom. The van der Waals surface area contributed by atoms with E-state index in [0.717, 1.165) is 18.4 Å². The van der Waals surface area contributed by atoms with E-state index >= 15 is 0 Å². The van der Waals surface area contributed by atoms with Gasteiger partial charge in [-0.25, -0.2) is 0 Å². The highest BCUT2D eigenvalue weighted by Crippen LogP contribution is 2.28. The first-order chi connectivity index (χ1) is 10.6. The average Bonchev–Trinajstić information content (AvgIpc) is 2.56. The van der Waals surface area contributed by atoms with E-state index in [4.69, 9.17) is 5.73 Å². The molecule has 0 aliphatic rings. The van der Waals surface area contributed by atoms with Crippen LogP contribution in [0.5, 0.6) is 0 Å². The Hall–Kier alpha value is -1.93. The number of ketones is 1. The molecule has 2 heteroatoms. The first kappa shape index (κ1) is 16.4. The summed E-state index contributed by atoms with van der Waals surface area (Å²) in [6, 6.07) is 18.6. The van der Waals surface area contributed by atoms with Crippen molar-refractivity contribution in [2.75, 3.05) is 6.54 Å². The number of nitrogens with two attached hydrogens (primary N) is 1. The summed E-state index contributed by atoms with van der Waals surface area (Å²) in [5.41, 5.74) is 8.50. The third-order valence-electron chi connectivity index (χ3n) is 4.27. The minimum Gasteiger partial charge on any atom is -0.330 e. The lowest BCUT2D eigenvalue weighted by atomic mass is 9.78. The summed E-state index contributed by atoms with van der Waals surface area (Å²) in [7, 11) is 0. The van der Waals surface area contributed by atoms with Crippen molar-refractivity contribution in [3.8, 4) is 11.1 Å². The average molecular weight is 295 g/mol. The monoisotopic (exact) mass is 295 g/mol. The highest BCUT2D eigenvalue weighted by molar-refractivity contribution is 5.89. The quantitative estimate of drug-likeness (QED) is 0.773. The lowest BCUT2D eigenvalue weighted by Crippen LogP contribution is -2.29. The second-order valence-corrected chi connectivity index (χ2v) is 6.24. The van der Waals surface area contributed by atoms with Gasteiger partial charge in [-0.2, -0.15) is 0 Å². The molecule has 2 aromatic carbocycles. The Balaban J connectivity index is 2.13. The summed E-state index contributed by atoms with van der Waals surface area (Å²) in [6.45, 7) is 4.67. The van der Waals surface area contributed by atoms with Crippen molar-refractivity contribution in [2.45, 2.75) is 38.5 Å². The Morgan fingerprint density at radius 1 is 0.909 bits per heavy atom. The van der Waals surface area contributed by atoms with Crippen LogP contribution in [0.4, 0.5) is 0 Å². The van der Waals surface area contributed by atoms with E-state index in [1.807, 2.05) is 32.0 Å². The van der Waals surface area contributed by atoms with Gasteiger partial charge < -0.3 is 5.73 Å². The predicted molar refractivity (Wildman–Crippen MR) is 92.8 cm³/mol. The van der Waals surface area contributed by atoms with Gasteiger partial charge >= 0.3 is 0 Å². The molecule has 0 unspecified atom stereocenters. The number of Topliss-reactive ketones (excluding diaryl/α,β-unsaturated/α-hetero) is 1. The molecule has 0 saturated heterocycles. The number of benzene rings is 2. The molecule has 2 rings (SSSR count). The smallest absolute Gasteiger partial charge is 0.142 e. The third-order valence-corrected chi connectivity index (χ3v) is 4.27. The van der Waals surface area contributed by atoms with Gasteiger partial charge in [0.25, 0.3) is 0 Å². The summed E-state index contributed by atoms with van der Waals surface area (Å²) in [5.74, 6) is 0.286. The number of carbonyl (C=O) groups excluding carboxylic acids is 1. The van der Waals surface area contributed by atoms with Crippen LogP contribution in [0.3, 0.4) is 0 Å². The maximum Gasteiger partial charge on any atom is 0.142 e. The first-order valence-corrected chi connectivity index (χ1v) is 7.95. The van der Waals surface area contributed by atoms with Crippen LogP contribution in [0.15, 0.2) is 54.6 Å². The van der Waals surface area contributed by atoms with Gasteiger partial charge in [-0.1, -0.05) is 54.6 Å². The standard InChI is InChI=1S/C20H25NO/c1-20(2,19(22)10-6-7-15-21)18-13-11-17(12-14-18)16-8-4-3-5-9-16/h3-5,8-9,11-14H,6-7,10,15,21H2,1-2H3. The van der Waals surface area contributed by atoms with Gasteiger partial charge in [-0.15, -0.1) is 0 Å². The molecule has 2 aromatic rings. The van der Waals surface area contributed by atoms with E-state index in [2.05, 4.69) is 36.4 Å². The highest BCUT2D eigenvalue weighted by Gasteiger charge is 2.28. The lowest BCUT2D eigenvalue weighted by Gasteiger charge is -2.24. The molecule has 0 aromatic heterocycles. The van der Waals surface area contributed by atoms with Crippen LogP contribution in [0.1, 0.15) is 38.7 Å². The van der Waals surface area contributed by atoms with Crippen LogP contribution in [0, 0.1) is 0 Å². The van der Waals surface area contributed by atoms with Gasteiger partial charge in [0.1, 0.15) is 5.78 Å². The fourth-order valence-electron chi connectivity index (χ4n) is 2.61. The van der Waals surface area contributed by atoms with Crippen molar-refractivity contribution >= 4 is 5.78 Å². The van der Waals surface area contributed by atoms with Crippen LogP contribution in [-0.4, -0.2) is 12.3 Å². The van der Waals surface area contributed by atoms with Crippen molar-refractivity contribution < 1.29 is 4.79 Å². The molecule has 116 valence electrons. The molecule has 0 radical (unpaired) electrons. The largest absolute Gasteiger partial charge is 0.330 e. The molecule has 0 fully saturated rings. The minimum absolute atomic E-state index is 0.286. The van der Waals surface area contributed by atoms with Gasteiger partial charge in [0.15, 0.2) is 0 Å². The van der Waals surface area contributed by atoms with Gasteiger partial charge in [0, 0.05) is 11.8 Å². The van der Waals surface area contributed by atoms with E-state index in [0.29, 0.717) is 13.0 Å². The van der Waals surface area contributed by atoms with Gasteiger partial charge in [-0.3, -0.25) is 4.79 Å². The molecule has 0 amide bonds. The van der Waals surface area contributed by atoms with Crippen molar-refractivity contribution in [2.24, 2.45) is 5.73 Å². The molecule has 2 N–H and O–H groups in total. The van der Waals surface area contributed by atoms with E-state index in [1.165, 1.54) is 11.1 Å². The summed E-state index contributed by atoms with van der Waals surface area (Å²) in [5, 5.41) is 0. The maximum absolute atomic E-state index is 12.5. The van der Waals surface area contributed by atoms with Crippen LogP contribution in [0.25, 0.3) is 11.1 Å². The Morgan fingerprint density at radius 2 is 1.50 bits per heavy atom. The number of hydrogen-bond donors (Lipinski definition) is 1. The summed E-state index contributed by atoms with van der Waals surface area (Å²) >= 11 is 0. The minimum atomic E-state index is -0.441. The fourth-order valence-corrected chi connectivity index (χ4v) is 2.61. The molecule has 22 heavy (non-hydrogen) atoms. The van der Waals surface area contributed by atoms with Crippen LogP contribution in [-0.2, 0) is 10.2 Å². The molecule has 0 heterocycles. The maximum atomic E-state index is 12.5. The topological polar surface area (TPSA) is 43.1 Å². The normalized spacial score (nSPS) is 11.4. The summed E-state index contributed by atoms with van der Waals surface area (Å²) < 4.78 is 0. The molecule has 0 atom stereocenters. The highest BCUT2D eigenvalue weighted by atomic mass is 16.1. The van der Waals surface area contributed by atoms with Crippen molar-refractivity contribution in [3.63, 3.8) is 0 Å². The SMILES string of the molecule is CC(C)(C(=O)CCCCN)c1ccc(-c2ccccc2)cc1. The number of hydrogen-bond acceptors (Lipinski definition) is 2. The third kappa shape index (κ3) is 3.83. The molecule has 2 nitrogen and oxygen atoms in total. The number of unbranched alkanes of at least 4 members (excludes halogenated alkanes) is 1. The Kier molecular flexibility index (Phi) is 5.51. The molecular weight excluding hydrogens is 270 g/mol. The summed E-state index contributed by atoms with van der Waals surface area (Å²) in [4.78, 5) is 12.5. The predicted octanol–water partition coefficient (Wildman–Crippen LogP) is 4.33. The van der Waals surface area contributed by atoms with E-state index in [1.54, 1.807) is 0 Å². The number of carbonyl (C=O) groups is 1. The summed E-state index contributed by atoms with van der Waals surface area (Å²) in [6.07, 6.45) is 2.39. The fraction of sp³-hybridized carbons (Fsp3) is 0.350. The molecule has 0 aliphatic carbocycles. The van der Waals surface area contributed by atoms with E-state index in [-0.39, 0.29) is 5.78 Å². The lowest BCUT2D eigenvalue weighted by molar-refractivity contribution is -0.123. The second-order valence-electron chi connectivity index (χ2n) is 6.24. The van der Waals surface area contributed by atoms with Crippen LogP contribution < -0.4 is 5.73 Å². The second kappa shape index (κ2) is 7.37. The Bertz CT molecular complexity index is 599. The van der Waals surface area contributed by atoms with Crippen molar-refractivity contribution in [1.29, 1.82) is 0 Å².